The van der Waals surface area contributed by atoms with Gasteiger partial charge in [-0.3, -0.25) is 9.20 Å². The second-order valence-corrected chi connectivity index (χ2v) is 8.90. The summed E-state index contributed by atoms with van der Waals surface area (Å²) in [6.45, 7) is 4.09. The molecule has 32 heavy (non-hydrogen) atoms. The third kappa shape index (κ3) is 3.72. The molecule has 0 spiro atoms. The van der Waals surface area contributed by atoms with Crippen molar-refractivity contribution in [2.45, 2.75) is 32.7 Å². The Balaban J connectivity index is 1.44. The summed E-state index contributed by atoms with van der Waals surface area (Å²) in [5, 5.41) is 3.29. The van der Waals surface area contributed by atoms with Gasteiger partial charge in [0, 0.05) is 55.4 Å². The highest BCUT2D eigenvalue weighted by Gasteiger charge is 2.22. The maximum Gasteiger partial charge on any atom is 0.222 e. The molecule has 166 valence electrons. The van der Waals surface area contributed by atoms with Gasteiger partial charge in [0.2, 0.25) is 11.9 Å². The lowest BCUT2D eigenvalue weighted by molar-refractivity contribution is -0.130. The van der Waals surface area contributed by atoms with Gasteiger partial charge >= 0.3 is 0 Å². The summed E-state index contributed by atoms with van der Waals surface area (Å²) in [6, 6.07) is 3.15. The number of carbonyl (C=O) groups excluding carboxylic acids is 1. The number of aromatic nitrogens is 3. The van der Waals surface area contributed by atoms with Crippen molar-refractivity contribution in [2.24, 2.45) is 0 Å². The molecule has 0 saturated carbocycles. The van der Waals surface area contributed by atoms with Gasteiger partial charge in [0.15, 0.2) is 0 Å². The highest BCUT2D eigenvalue weighted by molar-refractivity contribution is 14.1. The quantitative estimate of drug-likeness (QED) is 0.489. The SMILES string of the molecule is CCC(=O)N1CC=C(c2cnc(NCc3c(F)ccc4c3CCO4)n3cnc(I)c23)CC1. The predicted octanol–water partition coefficient (Wildman–Crippen LogP) is 4.05. The highest BCUT2D eigenvalue weighted by atomic mass is 127. The van der Waals surface area contributed by atoms with Crippen LogP contribution in [0.3, 0.4) is 0 Å². The summed E-state index contributed by atoms with van der Waals surface area (Å²) in [5.74, 6) is 1.29. The molecule has 9 heteroatoms. The molecule has 0 radical (unpaired) electrons. The first-order valence-electron chi connectivity index (χ1n) is 10.7. The van der Waals surface area contributed by atoms with E-state index in [4.69, 9.17) is 4.74 Å². The molecular formula is C23H23FIN5O2. The van der Waals surface area contributed by atoms with Crippen LogP contribution in [0.5, 0.6) is 5.75 Å². The number of amides is 1. The Morgan fingerprint density at radius 2 is 2.19 bits per heavy atom. The topological polar surface area (TPSA) is 71.8 Å². The minimum absolute atomic E-state index is 0.173. The molecule has 2 aliphatic heterocycles. The van der Waals surface area contributed by atoms with Crippen LogP contribution in [-0.4, -0.2) is 44.9 Å². The summed E-state index contributed by atoms with van der Waals surface area (Å²) in [5.41, 5.74) is 4.68. The molecule has 1 aromatic carbocycles. The van der Waals surface area contributed by atoms with Crippen LogP contribution in [0.15, 0.2) is 30.7 Å². The number of hydrogen-bond donors (Lipinski definition) is 1. The minimum atomic E-state index is -0.242. The Bertz CT molecular complexity index is 1240. The molecule has 0 fully saturated rings. The molecule has 7 nitrogen and oxygen atoms in total. The Labute approximate surface area is 198 Å². The van der Waals surface area contributed by atoms with Crippen molar-refractivity contribution in [3.8, 4) is 5.75 Å². The zero-order valence-corrected chi connectivity index (χ0v) is 19.9. The van der Waals surface area contributed by atoms with E-state index >= 15 is 0 Å². The number of hydrogen-bond acceptors (Lipinski definition) is 5. The number of nitrogens with one attached hydrogen (secondary N) is 1. The first-order valence-corrected chi connectivity index (χ1v) is 11.8. The van der Waals surface area contributed by atoms with Crippen molar-refractivity contribution in [2.75, 3.05) is 25.0 Å². The van der Waals surface area contributed by atoms with E-state index in [-0.39, 0.29) is 11.7 Å². The molecule has 2 aromatic heterocycles. The summed E-state index contributed by atoms with van der Waals surface area (Å²) < 4.78 is 22.9. The lowest BCUT2D eigenvalue weighted by Gasteiger charge is -2.26. The van der Waals surface area contributed by atoms with E-state index in [1.165, 1.54) is 6.07 Å². The van der Waals surface area contributed by atoms with Gasteiger partial charge in [0.1, 0.15) is 21.6 Å². The van der Waals surface area contributed by atoms with Crippen LogP contribution in [0.4, 0.5) is 10.3 Å². The normalized spacial score (nSPS) is 15.5. The number of rotatable bonds is 5. The van der Waals surface area contributed by atoms with E-state index in [1.807, 2.05) is 22.4 Å². The standard InChI is InChI=1S/C23H23FIN5O2/c1-2-20(31)29-8-5-14(6-9-29)16-11-26-23(30-13-28-22(25)21(16)30)27-12-17-15-7-10-32-19(15)4-3-18(17)24/h3-5,11,13H,2,6-10,12H2,1H3,(H,26,27). The number of nitrogens with zero attached hydrogens (tertiary/aromatic N) is 4. The van der Waals surface area contributed by atoms with Gasteiger partial charge in [-0.2, -0.15) is 0 Å². The van der Waals surface area contributed by atoms with Crippen molar-refractivity contribution >= 4 is 45.5 Å². The molecule has 0 saturated heterocycles. The van der Waals surface area contributed by atoms with Gasteiger partial charge < -0.3 is 15.0 Å². The second-order valence-electron chi connectivity index (χ2n) is 7.88. The molecule has 5 rings (SSSR count). The number of ether oxygens (including phenoxy) is 1. The van der Waals surface area contributed by atoms with Crippen LogP contribution in [0.25, 0.3) is 11.1 Å². The number of anilines is 1. The lowest BCUT2D eigenvalue weighted by atomic mass is 10.0. The molecule has 0 unspecified atom stereocenters. The van der Waals surface area contributed by atoms with Gasteiger partial charge in [-0.1, -0.05) is 13.0 Å². The highest BCUT2D eigenvalue weighted by Crippen LogP contribution is 2.32. The Kier molecular flexibility index (Phi) is 5.75. The zero-order valence-electron chi connectivity index (χ0n) is 17.7. The van der Waals surface area contributed by atoms with Crippen molar-refractivity contribution < 1.29 is 13.9 Å². The predicted molar refractivity (Wildman–Crippen MR) is 128 cm³/mol. The van der Waals surface area contributed by atoms with Gasteiger partial charge in [0.05, 0.1) is 12.1 Å². The van der Waals surface area contributed by atoms with E-state index in [1.54, 1.807) is 12.4 Å². The van der Waals surface area contributed by atoms with Crippen LogP contribution in [-0.2, 0) is 17.8 Å². The largest absolute Gasteiger partial charge is 0.493 e. The average Bonchev–Trinajstić information content (AvgIpc) is 3.45. The van der Waals surface area contributed by atoms with Gasteiger partial charge in [-0.05, 0) is 46.7 Å². The van der Waals surface area contributed by atoms with Crippen molar-refractivity contribution in [3.05, 3.63) is 56.9 Å². The van der Waals surface area contributed by atoms with E-state index in [9.17, 15) is 9.18 Å². The monoisotopic (exact) mass is 547 g/mol. The fourth-order valence-electron chi connectivity index (χ4n) is 4.38. The molecule has 0 bridgehead atoms. The fourth-order valence-corrected chi connectivity index (χ4v) is 5.06. The first kappa shape index (κ1) is 21.2. The van der Waals surface area contributed by atoms with Crippen LogP contribution in [0.2, 0.25) is 0 Å². The van der Waals surface area contributed by atoms with Crippen molar-refractivity contribution in [3.63, 3.8) is 0 Å². The Morgan fingerprint density at radius 1 is 1.31 bits per heavy atom. The molecule has 4 heterocycles. The van der Waals surface area contributed by atoms with E-state index in [0.717, 1.165) is 38.1 Å². The summed E-state index contributed by atoms with van der Waals surface area (Å²) in [6.07, 6.45) is 7.69. The Morgan fingerprint density at radius 3 is 2.97 bits per heavy atom. The molecule has 1 N–H and O–H groups in total. The van der Waals surface area contributed by atoms with Crippen LogP contribution in [0.1, 0.15) is 36.5 Å². The zero-order chi connectivity index (χ0) is 22.2. The third-order valence-electron chi connectivity index (χ3n) is 6.10. The maximum atomic E-state index is 14.5. The van der Waals surface area contributed by atoms with Crippen molar-refractivity contribution in [1.82, 2.24) is 19.3 Å². The summed E-state index contributed by atoms with van der Waals surface area (Å²) in [7, 11) is 0. The number of carbonyl (C=O) groups is 1. The average molecular weight is 547 g/mol. The number of benzene rings is 1. The van der Waals surface area contributed by atoms with Crippen LogP contribution in [0, 0.1) is 9.52 Å². The molecule has 0 atom stereocenters. The second kappa shape index (κ2) is 8.68. The smallest absolute Gasteiger partial charge is 0.222 e. The number of fused-ring (bicyclic) bond motifs is 2. The lowest BCUT2D eigenvalue weighted by Crippen LogP contribution is -2.34. The maximum absolute atomic E-state index is 14.5. The van der Waals surface area contributed by atoms with Gasteiger partial charge in [0.25, 0.3) is 0 Å². The third-order valence-corrected chi connectivity index (χ3v) is 6.89. The summed E-state index contributed by atoms with van der Waals surface area (Å²) >= 11 is 2.23. The van der Waals surface area contributed by atoms with E-state index < -0.39 is 0 Å². The molecule has 2 aliphatic rings. The molecule has 1 amide bonds. The fraction of sp³-hybridized carbons (Fsp3) is 0.348. The molecule has 3 aromatic rings. The minimum Gasteiger partial charge on any atom is -0.493 e. The summed E-state index contributed by atoms with van der Waals surface area (Å²) in [4.78, 5) is 23.0. The molecular weight excluding hydrogens is 524 g/mol. The first-order chi connectivity index (χ1) is 15.6. The van der Waals surface area contributed by atoms with Crippen LogP contribution < -0.4 is 10.1 Å². The molecule has 0 aliphatic carbocycles. The van der Waals surface area contributed by atoms with Crippen LogP contribution >= 0.6 is 22.6 Å². The van der Waals surface area contributed by atoms with E-state index in [0.29, 0.717) is 50.6 Å². The van der Waals surface area contributed by atoms with Gasteiger partial charge in [-0.15, -0.1) is 0 Å². The van der Waals surface area contributed by atoms with Crippen molar-refractivity contribution in [1.29, 1.82) is 0 Å². The number of imidazole rings is 1. The van der Waals surface area contributed by atoms with Gasteiger partial charge in [-0.25, -0.2) is 14.4 Å². The van der Waals surface area contributed by atoms with E-state index in [2.05, 4.69) is 44.0 Å². The number of halogens is 2. The Hall–Kier alpha value is -2.69.